The van der Waals surface area contributed by atoms with E-state index in [1.807, 2.05) is 0 Å². The first-order valence-corrected chi connectivity index (χ1v) is 18.1. The Balaban J connectivity index is 3.70. The van der Waals surface area contributed by atoms with Gasteiger partial charge >= 0.3 is 59.1 Å². The summed E-state index contributed by atoms with van der Waals surface area (Å²) >= 11 is 0. The van der Waals surface area contributed by atoms with Crippen molar-refractivity contribution in [2.75, 3.05) is 42.3 Å². The van der Waals surface area contributed by atoms with Gasteiger partial charge in [-0.05, 0) is 39.5 Å². The number of hydrogen-bond acceptors (Lipinski definition) is 0. The minimum Gasteiger partial charge on any atom is -0.336 e. The molecule has 1 heterocycles. The van der Waals surface area contributed by atoms with Gasteiger partial charge in [0.05, 0.1) is 37.2 Å². The van der Waals surface area contributed by atoms with E-state index in [9.17, 15) is 0 Å². The molecule has 0 amide bonds. The molecule has 0 aromatic heterocycles. The van der Waals surface area contributed by atoms with Gasteiger partial charge in [0.15, 0.2) is 0 Å². The Kier molecular flexibility index (Phi) is 8.77. The lowest BCUT2D eigenvalue weighted by Crippen LogP contribution is -2.77. The van der Waals surface area contributed by atoms with Crippen LogP contribution in [-0.2, 0) is 0 Å². The Morgan fingerprint density at radius 1 is 0.333 bits per heavy atom. The van der Waals surface area contributed by atoms with Gasteiger partial charge in [-0.15, -0.1) is 0 Å². The van der Waals surface area contributed by atoms with Crippen molar-refractivity contribution in [1.29, 1.82) is 0 Å². The molecule has 0 aromatic rings. The minimum atomic E-state index is -0.593. The van der Waals surface area contributed by atoms with Gasteiger partial charge < -0.3 is 22.9 Å². The second kappa shape index (κ2) is 9.55. The Morgan fingerprint density at radius 2 is 0.433 bits per heavy atom. The fraction of sp³-hybridized carbons (Fsp3) is 0.333. The first kappa shape index (κ1) is 27.5. The van der Waals surface area contributed by atoms with Crippen molar-refractivity contribution >= 4 is 59.1 Å². The first-order chi connectivity index (χ1) is 13.6. The molecule has 1 fully saturated rings. The zero-order valence-corrected chi connectivity index (χ0v) is 29.1. The molecule has 0 atom stereocenters. The van der Waals surface area contributed by atoms with Gasteiger partial charge in [-0.3, -0.25) is 0 Å². The Morgan fingerprint density at radius 3 is 0.500 bits per heavy atom. The summed E-state index contributed by atoms with van der Waals surface area (Å²) in [4.78, 5) is 0. The molecule has 1 aliphatic rings. The Labute approximate surface area is 200 Å². The normalized spacial score (nSPS) is 50.6. The van der Waals surface area contributed by atoms with Crippen molar-refractivity contribution in [3.8, 4) is 0 Å². The van der Waals surface area contributed by atoms with Gasteiger partial charge in [0.25, 0.3) is 0 Å². The number of hydrogen-bond donors (Lipinski definition) is 0. The quantitative estimate of drug-likeness (QED) is 0.343. The van der Waals surface area contributed by atoms with E-state index < -0.39 is 59.1 Å². The lowest BCUT2D eigenvalue weighted by atomic mass is 11.0. The van der Waals surface area contributed by atoms with Gasteiger partial charge in [-0.25, -0.2) is 0 Å². The summed E-state index contributed by atoms with van der Waals surface area (Å²) in [5, 5.41) is 0. The van der Waals surface area contributed by atoms with E-state index in [0.29, 0.717) is 0 Å². The van der Waals surface area contributed by atoms with Crippen LogP contribution in [0, 0.1) is 0 Å². The third-order valence-electron chi connectivity index (χ3n) is 6.52. The molecule has 0 aromatic carbocycles. The topological polar surface area (TPSA) is 0 Å². The standard InChI is InChI=1S/C18H48N6Si6/c1-13-19(7)25-20(8,14-2)27-22(10,16-4)29-24(12,18-6)30-23(11,17-5)28-21(9,15-3)26-19/h13-18H,1-6,25-30H2,7-12H3/q+6. The van der Waals surface area contributed by atoms with Crippen molar-refractivity contribution in [2.24, 2.45) is 0 Å². The fourth-order valence-electron chi connectivity index (χ4n) is 5.39. The van der Waals surface area contributed by atoms with Crippen LogP contribution in [0.25, 0.3) is 0 Å². The summed E-state index contributed by atoms with van der Waals surface area (Å²) in [6, 6.07) is 0. The molecule has 12 heteroatoms. The maximum Gasteiger partial charge on any atom is 0.475 e. The predicted octanol–water partition coefficient (Wildman–Crippen LogP) is -2.47. The monoisotopic (exact) mass is 516 g/mol. The second-order valence-electron chi connectivity index (χ2n) is 10.8. The van der Waals surface area contributed by atoms with Crippen LogP contribution in [0.15, 0.2) is 76.7 Å². The summed E-state index contributed by atoms with van der Waals surface area (Å²) in [5.41, 5.74) is 0. The van der Waals surface area contributed by atoms with Crippen LogP contribution < -0.4 is 0 Å². The van der Waals surface area contributed by atoms with Crippen molar-refractivity contribution in [1.82, 2.24) is 0 Å². The molecule has 30 heavy (non-hydrogen) atoms. The van der Waals surface area contributed by atoms with E-state index in [-0.39, 0.29) is 0 Å². The predicted molar refractivity (Wildman–Crippen MR) is 150 cm³/mol. The summed E-state index contributed by atoms with van der Waals surface area (Å²) in [6.07, 6.45) is 13.4. The second-order valence-corrected chi connectivity index (χ2v) is 35.2. The maximum atomic E-state index is 4.31. The molecule has 0 N–H and O–H groups in total. The first-order valence-electron chi connectivity index (χ1n) is 10.5. The van der Waals surface area contributed by atoms with Crippen molar-refractivity contribution in [3.05, 3.63) is 76.7 Å². The third kappa shape index (κ3) is 6.75. The molecule has 0 unspecified atom stereocenters. The van der Waals surface area contributed by atoms with E-state index in [1.54, 1.807) is 0 Å². The van der Waals surface area contributed by atoms with E-state index >= 15 is 0 Å². The van der Waals surface area contributed by atoms with Crippen LogP contribution in [0.2, 0.25) is 0 Å². The van der Waals surface area contributed by atoms with Crippen molar-refractivity contribution in [2.45, 2.75) is 0 Å². The molecule has 1 aliphatic heterocycles. The zero-order chi connectivity index (χ0) is 23.5. The smallest absolute Gasteiger partial charge is 0.336 e. The summed E-state index contributed by atoms with van der Waals surface area (Å²) in [7, 11) is 11.0. The largest absolute Gasteiger partial charge is 0.475 e. The van der Waals surface area contributed by atoms with Crippen LogP contribution in [0.5, 0.6) is 0 Å². The highest BCUT2D eigenvalue weighted by molar-refractivity contribution is 6.48. The van der Waals surface area contributed by atoms with Crippen molar-refractivity contribution in [3.63, 3.8) is 0 Å². The van der Waals surface area contributed by atoms with E-state index in [2.05, 4.69) is 119 Å². The van der Waals surface area contributed by atoms with Crippen LogP contribution in [-0.4, -0.2) is 124 Å². The Bertz CT molecular complexity index is 559. The molecular weight excluding hydrogens is 469 g/mol. The lowest BCUT2D eigenvalue weighted by molar-refractivity contribution is -0.856. The van der Waals surface area contributed by atoms with Gasteiger partial charge in [0.2, 0.25) is 0 Å². The molecule has 0 radical (unpaired) electrons. The van der Waals surface area contributed by atoms with Crippen molar-refractivity contribution < 1.29 is 22.9 Å². The average Bonchev–Trinajstić information content (AvgIpc) is 2.66. The van der Waals surface area contributed by atoms with E-state index in [4.69, 9.17) is 0 Å². The van der Waals surface area contributed by atoms with Gasteiger partial charge in [-0.2, -0.15) is 0 Å². The highest BCUT2D eigenvalue weighted by Crippen LogP contribution is 2.21. The molecule has 0 saturated carbocycles. The molecule has 6 nitrogen and oxygen atoms in total. The maximum absolute atomic E-state index is 4.31. The fourth-order valence-corrected chi connectivity index (χ4v) is 39.3. The lowest BCUT2D eigenvalue weighted by Gasteiger charge is -2.50. The van der Waals surface area contributed by atoms with Crippen LogP contribution >= 0.6 is 0 Å². The third-order valence-corrected chi connectivity index (χ3v) is 24.6. The molecular formula is C18H48N6Si6+6. The number of quaternary nitrogens is 6. The highest BCUT2D eigenvalue weighted by Gasteiger charge is 2.52. The molecule has 0 bridgehead atoms. The van der Waals surface area contributed by atoms with Crippen LogP contribution in [0.4, 0.5) is 0 Å². The van der Waals surface area contributed by atoms with Gasteiger partial charge in [-0.1, -0.05) is 0 Å². The van der Waals surface area contributed by atoms with E-state index in [1.165, 1.54) is 0 Å². The van der Waals surface area contributed by atoms with E-state index in [0.717, 1.165) is 22.9 Å². The van der Waals surface area contributed by atoms with Crippen LogP contribution in [0.1, 0.15) is 0 Å². The molecule has 1 saturated heterocycles. The molecule has 0 aliphatic carbocycles. The number of rotatable bonds is 6. The SMILES string of the molecule is C=C[N+]1(C)[SiH2][N+](C)(C=C)[SiH2][N+](C)(C=C)[SiH2][N+](C)(C=C)[SiH2][N+](C)(C=C)[SiH2][N+](C)(C=C)[SiH2]1. The van der Waals surface area contributed by atoms with Gasteiger partial charge in [0.1, 0.15) is 0 Å². The number of nitrogens with zero attached hydrogens (tertiary/aromatic N) is 6. The summed E-state index contributed by atoms with van der Waals surface area (Å²) in [5.74, 6) is 0. The summed E-state index contributed by atoms with van der Waals surface area (Å²) in [6.45, 7) is 25.8. The highest BCUT2D eigenvalue weighted by atomic mass is 28.4. The molecule has 1 rings (SSSR count). The van der Waals surface area contributed by atoms with Crippen LogP contribution in [0.3, 0.4) is 0 Å². The average molecular weight is 517 g/mol. The van der Waals surface area contributed by atoms with Gasteiger partial charge in [0, 0.05) is 42.3 Å². The molecule has 168 valence electrons. The minimum absolute atomic E-state index is 0.593. The zero-order valence-electron chi connectivity index (χ0n) is 20.6. The molecule has 0 spiro atoms. The summed E-state index contributed by atoms with van der Waals surface area (Å²) < 4.78 is 6.39. The Hall–Kier alpha value is -0.499.